The average Bonchev–Trinajstić information content (AvgIpc) is 2.86. The number of nitrogens with one attached hydrogen (secondary N) is 1. The van der Waals surface area contributed by atoms with Crippen LogP contribution in [-0.4, -0.2) is 40.3 Å². The molecule has 9 heteroatoms. The van der Waals surface area contributed by atoms with E-state index in [2.05, 4.69) is 10.4 Å². The molecule has 0 aliphatic carbocycles. The monoisotopic (exact) mass is 374 g/mol. The molecule has 0 aliphatic heterocycles. The van der Waals surface area contributed by atoms with Gasteiger partial charge < -0.3 is 4.57 Å². The van der Waals surface area contributed by atoms with E-state index in [-0.39, 0.29) is 11.7 Å². The Morgan fingerprint density at radius 3 is 2.68 bits per heavy atom. The summed E-state index contributed by atoms with van der Waals surface area (Å²) in [7, 11) is 3.41. The molecule has 0 spiro atoms. The van der Waals surface area contributed by atoms with E-state index in [1.165, 1.54) is 17.8 Å². The van der Waals surface area contributed by atoms with Crippen molar-refractivity contribution in [1.29, 1.82) is 0 Å². The quantitative estimate of drug-likeness (QED) is 0.595. The minimum Gasteiger partial charge on any atom is -0.319 e. The van der Waals surface area contributed by atoms with Crippen LogP contribution in [-0.2, 0) is 17.5 Å². The summed E-state index contributed by atoms with van der Waals surface area (Å²) in [4.78, 5) is 16.1. The molecule has 1 heterocycles. The molecule has 0 bridgehead atoms. The molecule has 1 N–H and O–H groups in total. The number of hydrazine groups is 1. The summed E-state index contributed by atoms with van der Waals surface area (Å²) in [6, 6.07) is 3.58. The Balaban J connectivity index is 2.31. The summed E-state index contributed by atoms with van der Waals surface area (Å²) in [6.07, 6.45) is -2.57. The summed E-state index contributed by atoms with van der Waals surface area (Å²) >= 11 is 1.22. The van der Waals surface area contributed by atoms with Crippen molar-refractivity contribution in [3.63, 3.8) is 0 Å². The van der Waals surface area contributed by atoms with E-state index in [0.29, 0.717) is 22.7 Å². The molecule has 0 radical (unpaired) electrons. The number of hydrogen-bond acceptors (Lipinski definition) is 4. The molecule has 2 rings (SSSR count). The van der Waals surface area contributed by atoms with Gasteiger partial charge in [-0.25, -0.2) is 9.99 Å². The Hall–Kier alpha value is -1.74. The van der Waals surface area contributed by atoms with Gasteiger partial charge in [0.15, 0.2) is 5.16 Å². The van der Waals surface area contributed by atoms with Crippen LogP contribution in [0.4, 0.5) is 13.2 Å². The lowest BCUT2D eigenvalue weighted by Crippen LogP contribution is -2.37. The second kappa shape index (κ2) is 8.09. The predicted molar refractivity (Wildman–Crippen MR) is 92.2 cm³/mol. The first-order chi connectivity index (χ1) is 11.7. The molecule has 1 amide bonds. The third kappa shape index (κ3) is 5.12. The van der Waals surface area contributed by atoms with Crippen molar-refractivity contribution in [1.82, 2.24) is 20.0 Å². The summed E-state index contributed by atoms with van der Waals surface area (Å²) < 4.78 is 40.6. The number of aromatic nitrogens is 2. The van der Waals surface area contributed by atoms with Gasteiger partial charge in [-0.05, 0) is 24.6 Å². The normalized spacial score (nSPS) is 12.1. The third-order valence-corrected chi connectivity index (χ3v) is 4.43. The SMILES string of the molecule is CCCCn1c(SCC(=O)NN(C)C)nc2cc(C(F)(F)F)ccc21. The number of halogens is 3. The number of rotatable bonds is 7. The first-order valence-electron chi connectivity index (χ1n) is 7.89. The zero-order chi connectivity index (χ0) is 18.6. The summed E-state index contributed by atoms with van der Waals surface area (Å²) in [5.74, 6) is -0.0557. The van der Waals surface area contributed by atoms with Crippen LogP contribution >= 0.6 is 11.8 Å². The van der Waals surface area contributed by atoms with Crippen LogP contribution in [0.2, 0.25) is 0 Å². The van der Waals surface area contributed by atoms with Gasteiger partial charge in [-0.15, -0.1) is 0 Å². The maximum Gasteiger partial charge on any atom is 0.416 e. The van der Waals surface area contributed by atoms with Gasteiger partial charge in [-0.2, -0.15) is 13.2 Å². The van der Waals surface area contributed by atoms with Crippen molar-refractivity contribution in [2.24, 2.45) is 0 Å². The van der Waals surface area contributed by atoms with Crippen LogP contribution in [0, 0.1) is 0 Å². The molecule has 5 nitrogen and oxygen atoms in total. The van der Waals surface area contributed by atoms with Crippen molar-refractivity contribution in [3.8, 4) is 0 Å². The van der Waals surface area contributed by atoms with Crippen LogP contribution in [0.1, 0.15) is 25.3 Å². The number of carbonyl (C=O) groups excluding carboxylic acids is 1. The lowest BCUT2D eigenvalue weighted by atomic mass is 10.2. The zero-order valence-electron chi connectivity index (χ0n) is 14.4. The number of amides is 1. The largest absolute Gasteiger partial charge is 0.416 e. The number of alkyl halides is 3. The topological polar surface area (TPSA) is 50.2 Å². The summed E-state index contributed by atoms with van der Waals surface area (Å²) in [5.41, 5.74) is 2.85. The molecule has 0 saturated carbocycles. The van der Waals surface area contributed by atoms with Gasteiger partial charge >= 0.3 is 6.18 Å². The highest BCUT2D eigenvalue weighted by Crippen LogP contribution is 2.33. The maximum atomic E-state index is 12.9. The molecular formula is C16H21F3N4OS. The molecule has 2 aromatic rings. The molecule has 0 fully saturated rings. The predicted octanol–water partition coefficient (Wildman–Crippen LogP) is 3.54. The molecule has 1 aromatic carbocycles. The van der Waals surface area contributed by atoms with Crippen LogP contribution in [0.25, 0.3) is 11.0 Å². The fourth-order valence-electron chi connectivity index (χ4n) is 2.34. The van der Waals surface area contributed by atoms with Crippen molar-refractivity contribution < 1.29 is 18.0 Å². The van der Waals surface area contributed by atoms with Gasteiger partial charge in [0.1, 0.15) is 0 Å². The highest BCUT2D eigenvalue weighted by molar-refractivity contribution is 7.99. The zero-order valence-corrected chi connectivity index (χ0v) is 15.2. The summed E-state index contributed by atoms with van der Waals surface area (Å²) in [5, 5.41) is 2.09. The standard InChI is InChI=1S/C16H21F3N4OS/c1-4-5-8-23-13-7-6-11(16(17,18)19)9-12(13)20-15(23)25-10-14(24)21-22(2)3/h6-7,9H,4-5,8,10H2,1-3H3,(H,21,24). The van der Waals surface area contributed by atoms with E-state index in [9.17, 15) is 18.0 Å². The van der Waals surface area contributed by atoms with Crippen LogP contribution in [0.5, 0.6) is 0 Å². The molecule has 0 saturated heterocycles. The number of aryl methyl sites for hydroxylation is 1. The Kier molecular flexibility index (Phi) is 6.34. The molecule has 138 valence electrons. The third-order valence-electron chi connectivity index (χ3n) is 3.46. The van der Waals surface area contributed by atoms with Gasteiger partial charge in [0.05, 0.1) is 22.3 Å². The highest BCUT2D eigenvalue weighted by atomic mass is 32.2. The van der Waals surface area contributed by atoms with Crippen molar-refractivity contribution >= 4 is 28.7 Å². The van der Waals surface area contributed by atoms with Gasteiger partial charge in [0.2, 0.25) is 5.91 Å². The Morgan fingerprint density at radius 2 is 2.08 bits per heavy atom. The lowest BCUT2D eigenvalue weighted by molar-refractivity contribution is -0.137. The molecule has 0 unspecified atom stereocenters. The van der Waals surface area contributed by atoms with Gasteiger partial charge in [-0.3, -0.25) is 10.2 Å². The number of imidazole rings is 1. The Labute approximate surface area is 148 Å². The van der Waals surface area contributed by atoms with E-state index in [0.717, 1.165) is 25.0 Å². The minimum absolute atomic E-state index is 0.139. The molecule has 0 atom stereocenters. The van der Waals surface area contributed by atoms with Crippen molar-refractivity contribution in [2.75, 3.05) is 19.8 Å². The number of unbranched alkanes of at least 4 members (excludes halogenated alkanes) is 1. The molecule has 1 aromatic heterocycles. The van der Waals surface area contributed by atoms with E-state index in [4.69, 9.17) is 0 Å². The summed E-state index contributed by atoms with van der Waals surface area (Å²) in [6.45, 7) is 2.69. The second-order valence-electron chi connectivity index (χ2n) is 5.82. The number of fused-ring (bicyclic) bond motifs is 1. The maximum absolute atomic E-state index is 12.9. The number of carbonyl (C=O) groups is 1. The van der Waals surface area contributed by atoms with Gasteiger partial charge in [0.25, 0.3) is 0 Å². The van der Waals surface area contributed by atoms with Gasteiger partial charge in [0, 0.05) is 20.6 Å². The van der Waals surface area contributed by atoms with Crippen LogP contribution < -0.4 is 5.43 Å². The van der Waals surface area contributed by atoms with Crippen molar-refractivity contribution in [2.45, 2.75) is 37.6 Å². The van der Waals surface area contributed by atoms with Crippen LogP contribution in [0.15, 0.2) is 23.4 Å². The molecular weight excluding hydrogens is 353 g/mol. The van der Waals surface area contributed by atoms with E-state index in [1.807, 2.05) is 11.5 Å². The number of benzene rings is 1. The Morgan fingerprint density at radius 1 is 1.36 bits per heavy atom. The number of thioether (sulfide) groups is 1. The van der Waals surface area contributed by atoms with Crippen LogP contribution in [0.3, 0.4) is 0 Å². The smallest absolute Gasteiger partial charge is 0.319 e. The fraction of sp³-hybridized carbons (Fsp3) is 0.500. The highest BCUT2D eigenvalue weighted by Gasteiger charge is 2.31. The number of nitrogens with zero attached hydrogens (tertiary/aromatic N) is 3. The molecule has 0 aliphatic rings. The van der Waals surface area contributed by atoms with E-state index in [1.54, 1.807) is 19.1 Å². The molecule has 25 heavy (non-hydrogen) atoms. The number of hydrogen-bond donors (Lipinski definition) is 1. The van der Waals surface area contributed by atoms with E-state index >= 15 is 0 Å². The van der Waals surface area contributed by atoms with Crippen molar-refractivity contribution in [3.05, 3.63) is 23.8 Å². The minimum atomic E-state index is -4.40. The second-order valence-corrected chi connectivity index (χ2v) is 6.76. The van der Waals surface area contributed by atoms with E-state index < -0.39 is 11.7 Å². The average molecular weight is 374 g/mol. The van der Waals surface area contributed by atoms with Gasteiger partial charge in [-0.1, -0.05) is 25.1 Å². The first-order valence-corrected chi connectivity index (χ1v) is 8.88. The lowest BCUT2D eigenvalue weighted by Gasteiger charge is -2.12. The fourth-order valence-corrected chi connectivity index (χ4v) is 3.17. The Bertz CT molecular complexity index is 743. The first kappa shape index (κ1) is 19.6.